The molecule has 114 valence electrons. The van der Waals surface area contributed by atoms with Gasteiger partial charge in [0.1, 0.15) is 17.9 Å². The van der Waals surface area contributed by atoms with Crippen molar-refractivity contribution in [2.24, 2.45) is 5.92 Å². The molecule has 0 amide bonds. The van der Waals surface area contributed by atoms with Crippen LogP contribution in [0.15, 0.2) is 24.3 Å². The summed E-state index contributed by atoms with van der Waals surface area (Å²) >= 11 is 0. The van der Waals surface area contributed by atoms with E-state index in [1.165, 1.54) is 0 Å². The Morgan fingerprint density at radius 2 is 1.90 bits per heavy atom. The maximum absolute atomic E-state index is 11.6. The first-order valence-electron chi connectivity index (χ1n) is 7.40. The number of benzene rings is 1. The fourth-order valence-electron chi connectivity index (χ4n) is 4.08. The molecule has 1 aromatic carbocycles. The molecular formula is C16H21NO4. The van der Waals surface area contributed by atoms with E-state index < -0.39 is 18.1 Å². The zero-order chi connectivity index (χ0) is 15.0. The van der Waals surface area contributed by atoms with Gasteiger partial charge in [-0.05, 0) is 30.5 Å². The molecule has 1 aromatic rings. The summed E-state index contributed by atoms with van der Waals surface area (Å²) in [7, 11) is 1.61. The van der Waals surface area contributed by atoms with Crippen LogP contribution >= 0.6 is 0 Å². The molecule has 3 N–H and O–H groups in total. The van der Waals surface area contributed by atoms with E-state index in [1.807, 2.05) is 24.3 Å². The zero-order valence-corrected chi connectivity index (χ0v) is 12.1. The molecule has 1 unspecified atom stereocenters. The van der Waals surface area contributed by atoms with Crippen LogP contribution in [0.4, 0.5) is 0 Å². The third-order valence-electron chi connectivity index (χ3n) is 4.99. The number of aliphatic hydroxyl groups is 1. The Morgan fingerprint density at radius 3 is 2.43 bits per heavy atom. The monoisotopic (exact) mass is 291 g/mol. The normalized spacial score (nSPS) is 30.7. The van der Waals surface area contributed by atoms with E-state index in [0.717, 1.165) is 37.0 Å². The second-order valence-electron chi connectivity index (χ2n) is 6.07. The lowest BCUT2D eigenvalue weighted by atomic mass is 9.74. The molecule has 0 aromatic heterocycles. The summed E-state index contributed by atoms with van der Waals surface area (Å²) in [5.74, 6) is -1.22. The van der Waals surface area contributed by atoms with Crippen LogP contribution in [0.25, 0.3) is 0 Å². The summed E-state index contributed by atoms with van der Waals surface area (Å²) in [5.41, 5.74) is 0.658. The maximum Gasteiger partial charge on any atom is 0.311 e. The van der Waals surface area contributed by atoms with Crippen molar-refractivity contribution in [1.82, 2.24) is 5.32 Å². The standard InChI is InChI=1S/C16H21NO4/c1-21-11-6-4-10(5-7-11)13-12(15(19)20)14(18)17-16(13)8-2-3-9-16/h4-7,12-14,17-18H,2-3,8-9H2,1H3,(H,19,20)/t12-,13-,14?/m0/s1. The van der Waals surface area contributed by atoms with Crippen molar-refractivity contribution in [2.45, 2.75) is 43.4 Å². The SMILES string of the molecule is COc1ccc([C@H]2[C@H](C(=O)O)C(O)NC23CCCC3)cc1. The van der Waals surface area contributed by atoms with Gasteiger partial charge in [-0.1, -0.05) is 25.0 Å². The molecule has 0 radical (unpaired) electrons. The van der Waals surface area contributed by atoms with E-state index in [1.54, 1.807) is 7.11 Å². The largest absolute Gasteiger partial charge is 0.497 e. The van der Waals surface area contributed by atoms with Crippen LogP contribution in [0.2, 0.25) is 0 Å². The van der Waals surface area contributed by atoms with Crippen LogP contribution < -0.4 is 10.1 Å². The van der Waals surface area contributed by atoms with Crippen LogP contribution in [0.1, 0.15) is 37.2 Å². The van der Waals surface area contributed by atoms with Crippen molar-refractivity contribution in [3.8, 4) is 5.75 Å². The molecule has 5 heteroatoms. The maximum atomic E-state index is 11.6. The number of carbonyl (C=O) groups is 1. The van der Waals surface area contributed by atoms with E-state index >= 15 is 0 Å². The molecule has 1 aliphatic heterocycles. The van der Waals surface area contributed by atoms with Gasteiger partial charge < -0.3 is 14.9 Å². The highest BCUT2D eigenvalue weighted by atomic mass is 16.5. The number of nitrogens with one attached hydrogen (secondary N) is 1. The van der Waals surface area contributed by atoms with Gasteiger partial charge in [-0.25, -0.2) is 0 Å². The fourth-order valence-corrected chi connectivity index (χ4v) is 4.08. The van der Waals surface area contributed by atoms with Crippen molar-refractivity contribution in [3.63, 3.8) is 0 Å². The second-order valence-corrected chi connectivity index (χ2v) is 6.07. The number of rotatable bonds is 3. The van der Waals surface area contributed by atoms with Gasteiger partial charge in [0.05, 0.1) is 7.11 Å². The molecule has 1 aliphatic carbocycles. The molecule has 0 bridgehead atoms. The zero-order valence-electron chi connectivity index (χ0n) is 12.1. The van der Waals surface area contributed by atoms with Crippen molar-refractivity contribution < 1.29 is 19.7 Å². The molecule has 21 heavy (non-hydrogen) atoms. The van der Waals surface area contributed by atoms with E-state index in [0.29, 0.717) is 0 Å². The van der Waals surface area contributed by atoms with Crippen LogP contribution in [0.5, 0.6) is 5.75 Å². The molecule has 1 heterocycles. The predicted molar refractivity (Wildman–Crippen MR) is 77.2 cm³/mol. The number of aliphatic hydroxyl groups excluding tert-OH is 1. The van der Waals surface area contributed by atoms with E-state index in [2.05, 4.69) is 5.32 Å². The van der Waals surface area contributed by atoms with E-state index in [-0.39, 0.29) is 11.5 Å². The third-order valence-corrected chi connectivity index (χ3v) is 4.99. The lowest BCUT2D eigenvalue weighted by Crippen LogP contribution is -2.43. The highest BCUT2D eigenvalue weighted by molar-refractivity contribution is 5.73. The molecule has 2 aliphatic rings. The van der Waals surface area contributed by atoms with Gasteiger partial charge >= 0.3 is 5.97 Å². The Kier molecular flexibility index (Phi) is 3.63. The molecule has 1 spiro atoms. The van der Waals surface area contributed by atoms with Gasteiger partial charge in [0, 0.05) is 11.5 Å². The number of ether oxygens (including phenoxy) is 1. The Labute approximate surface area is 123 Å². The first kappa shape index (κ1) is 14.4. The first-order valence-corrected chi connectivity index (χ1v) is 7.40. The Morgan fingerprint density at radius 1 is 1.29 bits per heavy atom. The molecular weight excluding hydrogens is 270 g/mol. The van der Waals surface area contributed by atoms with Gasteiger partial charge in [0.25, 0.3) is 0 Å². The summed E-state index contributed by atoms with van der Waals surface area (Å²) < 4.78 is 5.16. The summed E-state index contributed by atoms with van der Waals surface area (Å²) in [6.45, 7) is 0. The number of hydrogen-bond donors (Lipinski definition) is 3. The van der Waals surface area contributed by atoms with Crippen molar-refractivity contribution >= 4 is 5.97 Å². The van der Waals surface area contributed by atoms with Crippen LogP contribution in [0, 0.1) is 5.92 Å². The highest BCUT2D eigenvalue weighted by Crippen LogP contribution is 2.50. The van der Waals surface area contributed by atoms with E-state index in [9.17, 15) is 15.0 Å². The molecule has 1 saturated carbocycles. The molecule has 3 rings (SSSR count). The molecule has 2 fully saturated rings. The minimum absolute atomic E-state index is 0.210. The smallest absolute Gasteiger partial charge is 0.311 e. The molecule has 3 atom stereocenters. The first-order chi connectivity index (χ1) is 10.1. The Balaban J connectivity index is 2.01. The van der Waals surface area contributed by atoms with Gasteiger partial charge in [-0.15, -0.1) is 0 Å². The minimum atomic E-state index is -0.993. The summed E-state index contributed by atoms with van der Waals surface area (Å²) in [5, 5.41) is 22.9. The van der Waals surface area contributed by atoms with Crippen LogP contribution in [0.3, 0.4) is 0 Å². The van der Waals surface area contributed by atoms with Gasteiger partial charge in [-0.3, -0.25) is 10.1 Å². The van der Waals surface area contributed by atoms with Crippen molar-refractivity contribution in [3.05, 3.63) is 29.8 Å². The third kappa shape index (κ3) is 2.30. The topological polar surface area (TPSA) is 78.8 Å². The lowest BCUT2D eigenvalue weighted by Gasteiger charge is -2.32. The predicted octanol–water partition coefficient (Wildman–Crippen LogP) is 1.71. The number of methoxy groups -OCH3 is 1. The number of hydrogen-bond acceptors (Lipinski definition) is 4. The Bertz CT molecular complexity index is 522. The number of aliphatic carboxylic acids is 1. The van der Waals surface area contributed by atoms with Crippen molar-refractivity contribution in [1.29, 1.82) is 0 Å². The van der Waals surface area contributed by atoms with Crippen LogP contribution in [-0.4, -0.2) is 35.1 Å². The number of carboxylic acid groups (broad SMARTS) is 1. The highest BCUT2D eigenvalue weighted by Gasteiger charge is 2.56. The van der Waals surface area contributed by atoms with Crippen LogP contribution in [-0.2, 0) is 4.79 Å². The molecule has 1 saturated heterocycles. The summed E-state index contributed by atoms with van der Waals surface area (Å²) in [4.78, 5) is 11.6. The summed E-state index contributed by atoms with van der Waals surface area (Å²) in [6, 6.07) is 7.53. The van der Waals surface area contributed by atoms with E-state index in [4.69, 9.17) is 4.74 Å². The average Bonchev–Trinajstić information content (AvgIpc) is 3.04. The average molecular weight is 291 g/mol. The summed E-state index contributed by atoms with van der Waals surface area (Å²) in [6.07, 6.45) is 2.96. The van der Waals surface area contributed by atoms with Gasteiger partial charge in [0.15, 0.2) is 0 Å². The minimum Gasteiger partial charge on any atom is -0.497 e. The quantitative estimate of drug-likeness (QED) is 0.790. The Hall–Kier alpha value is -1.59. The number of carboxylic acids is 1. The lowest BCUT2D eigenvalue weighted by molar-refractivity contribution is -0.145. The van der Waals surface area contributed by atoms with Gasteiger partial charge in [-0.2, -0.15) is 0 Å². The fraction of sp³-hybridized carbons (Fsp3) is 0.562. The second kappa shape index (κ2) is 5.31. The van der Waals surface area contributed by atoms with Gasteiger partial charge in [0.2, 0.25) is 0 Å². The molecule has 5 nitrogen and oxygen atoms in total. The van der Waals surface area contributed by atoms with Crippen molar-refractivity contribution in [2.75, 3.05) is 7.11 Å².